The lowest BCUT2D eigenvalue weighted by molar-refractivity contribution is 0.479. The Labute approximate surface area is 157 Å². The van der Waals surface area contributed by atoms with Crippen molar-refractivity contribution in [1.82, 2.24) is 14.7 Å². The molecule has 8 heteroatoms. The van der Waals surface area contributed by atoms with Gasteiger partial charge in [0.2, 0.25) is 10.0 Å². The van der Waals surface area contributed by atoms with Gasteiger partial charge in [-0.1, -0.05) is 12.1 Å². The van der Waals surface area contributed by atoms with E-state index < -0.39 is 10.0 Å². The van der Waals surface area contributed by atoms with Crippen LogP contribution in [0.3, 0.4) is 0 Å². The highest BCUT2D eigenvalue weighted by atomic mass is 32.2. The van der Waals surface area contributed by atoms with E-state index in [1.54, 1.807) is 18.6 Å². The van der Waals surface area contributed by atoms with E-state index in [1.807, 2.05) is 36.4 Å². The van der Waals surface area contributed by atoms with Crippen molar-refractivity contribution in [2.75, 3.05) is 11.4 Å². The summed E-state index contributed by atoms with van der Waals surface area (Å²) in [4.78, 5) is 9.46. The van der Waals surface area contributed by atoms with Gasteiger partial charge in [0, 0.05) is 18.2 Å². The number of ether oxygens (including phenoxy) is 1. The van der Waals surface area contributed by atoms with Gasteiger partial charge in [0.05, 0.1) is 30.1 Å². The van der Waals surface area contributed by atoms with Crippen molar-refractivity contribution in [3.8, 4) is 22.8 Å². The van der Waals surface area contributed by atoms with Crippen LogP contribution in [0.15, 0.2) is 59.9 Å². The number of nitrogens with one attached hydrogen (secondary N) is 2. The average Bonchev–Trinajstić information content (AvgIpc) is 3.33. The molecule has 1 unspecified atom stereocenters. The Morgan fingerprint density at radius 3 is 2.89 bits per heavy atom. The number of nitrogens with zero attached hydrogens (tertiary/aromatic N) is 2. The fraction of sp³-hybridized carbons (Fsp3) is 0.211. The first-order chi connectivity index (χ1) is 13.1. The van der Waals surface area contributed by atoms with Gasteiger partial charge in [-0.25, -0.2) is 13.4 Å². The Hall–Kier alpha value is -2.84. The fourth-order valence-corrected chi connectivity index (χ4v) is 5.17. The predicted octanol–water partition coefficient (Wildman–Crippen LogP) is 3.09. The summed E-state index contributed by atoms with van der Waals surface area (Å²) in [5, 5.41) is 0. The van der Waals surface area contributed by atoms with E-state index in [-0.39, 0.29) is 11.1 Å². The van der Waals surface area contributed by atoms with Crippen LogP contribution in [0.5, 0.6) is 11.5 Å². The highest BCUT2D eigenvalue weighted by Gasteiger charge is 2.37. The molecule has 0 saturated carbocycles. The van der Waals surface area contributed by atoms with Crippen molar-refractivity contribution in [3.63, 3.8) is 0 Å². The van der Waals surface area contributed by atoms with Crippen molar-refractivity contribution in [3.05, 3.63) is 55.0 Å². The fourth-order valence-electron chi connectivity index (χ4n) is 3.71. The number of aromatic amines is 1. The van der Waals surface area contributed by atoms with Gasteiger partial charge in [-0.3, -0.25) is 0 Å². The molecule has 0 radical (unpaired) electrons. The van der Waals surface area contributed by atoms with E-state index in [1.165, 1.54) is 0 Å². The minimum atomic E-state index is -3.54. The summed E-state index contributed by atoms with van der Waals surface area (Å²) in [6.45, 7) is 0.854. The SMILES string of the molecule is O=S1(=O)NC2CCCN2c2ccc(Oc3cccc(-c4cnc[nH]4)c3)cc21. The van der Waals surface area contributed by atoms with Crippen molar-refractivity contribution < 1.29 is 13.2 Å². The Bertz CT molecular complexity index is 1100. The highest BCUT2D eigenvalue weighted by molar-refractivity contribution is 7.89. The molecule has 27 heavy (non-hydrogen) atoms. The molecule has 3 heterocycles. The number of rotatable bonds is 3. The molecule has 2 aliphatic heterocycles. The molecule has 0 amide bonds. The van der Waals surface area contributed by atoms with Gasteiger partial charge in [0.25, 0.3) is 0 Å². The molecule has 1 aromatic heterocycles. The third kappa shape index (κ3) is 2.87. The third-order valence-corrected chi connectivity index (χ3v) is 6.44. The lowest BCUT2D eigenvalue weighted by Gasteiger charge is -2.33. The smallest absolute Gasteiger partial charge is 0.244 e. The van der Waals surface area contributed by atoms with Gasteiger partial charge in [-0.2, -0.15) is 4.72 Å². The largest absolute Gasteiger partial charge is 0.457 e. The second-order valence-electron chi connectivity index (χ2n) is 6.70. The summed E-state index contributed by atoms with van der Waals surface area (Å²) >= 11 is 0. The van der Waals surface area contributed by atoms with Crippen molar-refractivity contribution in [2.45, 2.75) is 23.9 Å². The standard InChI is InChI=1S/C19H18N4O3S/c24-27(25)18-10-15(6-7-17(18)23-8-2-5-19(23)22-27)26-14-4-1-3-13(9-14)16-11-20-12-21-16/h1,3-4,6-7,9-12,19,22H,2,5,8H2,(H,20,21). The zero-order valence-electron chi connectivity index (χ0n) is 14.4. The molecule has 2 aromatic carbocycles. The van der Waals surface area contributed by atoms with Crippen molar-refractivity contribution in [1.29, 1.82) is 0 Å². The number of benzene rings is 2. The maximum Gasteiger partial charge on any atom is 0.244 e. The minimum absolute atomic E-state index is 0.139. The molecule has 5 rings (SSSR count). The minimum Gasteiger partial charge on any atom is -0.457 e. The molecule has 0 spiro atoms. The maximum atomic E-state index is 12.6. The van der Waals surface area contributed by atoms with Crippen LogP contribution in [0.4, 0.5) is 5.69 Å². The first-order valence-corrected chi connectivity index (χ1v) is 10.3. The first-order valence-electron chi connectivity index (χ1n) is 8.80. The summed E-state index contributed by atoms with van der Waals surface area (Å²) in [5.41, 5.74) is 2.57. The van der Waals surface area contributed by atoms with Crippen LogP contribution in [0.25, 0.3) is 11.3 Å². The van der Waals surface area contributed by atoms with E-state index in [4.69, 9.17) is 4.74 Å². The highest BCUT2D eigenvalue weighted by Crippen LogP contribution is 2.38. The predicted molar refractivity (Wildman–Crippen MR) is 101 cm³/mol. The van der Waals surface area contributed by atoms with Gasteiger partial charge in [0.15, 0.2) is 0 Å². The summed E-state index contributed by atoms with van der Waals surface area (Å²) in [7, 11) is -3.54. The van der Waals surface area contributed by atoms with Crippen molar-refractivity contribution >= 4 is 15.7 Å². The van der Waals surface area contributed by atoms with E-state index in [2.05, 4.69) is 19.6 Å². The van der Waals surface area contributed by atoms with Gasteiger partial charge in [-0.05, 0) is 37.1 Å². The molecule has 0 bridgehead atoms. The second kappa shape index (κ2) is 6.11. The summed E-state index contributed by atoms with van der Waals surface area (Å²) in [6, 6.07) is 12.8. The molecule has 1 saturated heterocycles. The lowest BCUT2D eigenvalue weighted by atomic mass is 10.1. The molecule has 1 fully saturated rings. The number of sulfonamides is 1. The van der Waals surface area contributed by atoms with E-state index in [0.717, 1.165) is 36.3 Å². The molecule has 7 nitrogen and oxygen atoms in total. The number of aromatic nitrogens is 2. The van der Waals surface area contributed by atoms with Crippen LogP contribution in [-0.2, 0) is 10.0 Å². The van der Waals surface area contributed by atoms with Crippen LogP contribution in [0.1, 0.15) is 12.8 Å². The Morgan fingerprint density at radius 1 is 1.15 bits per heavy atom. The second-order valence-corrected chi connectivity index (χ2v) is 8.38. The number of fused-ring (bicyclic) bond motifs is 3. The van der Waals surface area contributed by atoms with Gasteiger partial charge in [0.1, 0.15) is 16.4 Å². The van der Waals surface area contributed by atoms with E-state index >= 15 is 0 Å². The van der Waals surface area contributed by atoms with E-state index in [9.17, 15) is 8.42 Å². The first kappa shape index (κ1) is 16.3. The lowest BCUT2D eigenvalue weighted by Crippen LogP contribution is -2.48. The molecule has 2 aliphatic rings. The van der Waals surface area contributed by atoms with Gasteiger partial charge >= 0.3 is 0 Å². The monoisotopic (exact) mass is 382 g/mol. The summed E-state index contributed by atoms with van der Waals surface area (Å²) < 4.78 is 34.0. The number of hydrogen-bond donors (Lipinski definition) is 2. The number of imidazole rings is 1. The van der Waals surface area contributed by atoms with Gasteiger partial charge in [-0.15, -0.1) is 0 Å². The molecular formula is C19H18N4O3S. The quantitative estimate of drug-likeness (QED) is 0.727. The molecule has 3 aromatic rings. The summed E-state index contributed by atoms with van der Waals surface area (Å²) in [6.07, 6.45) is 5.03. The maximum absolute atomic E-state index is 12.6. The Kier molecular flexibility index (Phi) is 3.70. The molecule has 1 atom stereocenters. The van der Waals surface area contributed by atoms with E-state index in [0.29, 0.717) is 11.5 Å². The normalized spacial score (nSPS) is 20.1. The van der Waals surface area contributed by atoms with Crippen LogP contribution in [0, 0.1) is 0 Å². The van der Waals surface area contributed by atoms with Crippen LogP contribution in [-0.4, -0.2) is 31.1 Å². The topological polar surface area (TPSA) is 87.3 Å². The van der Waals surface area contributed by atoms with Crippen LogP contribution < -0.4 is 14.4 Å². The number of anilines is 1. The average molecular weight is 382 g/mol. The molecule has 138 valence electrons. The zero-order valence-corrected chi connectivity index (χ0v) is 15.2. The van der Waals surface area contributed by atoms with Crippen LogP contribution in [0.2, 0.25) is 0 Å². The summed E-state index contributed by atoms with van der Waals surface area (Å²) in [5.74, 6) is 1.11. The third-order valence-electron chi connectivity index (χ3n) is 4.95. The Balaban J connectivity index is 1.48. The Morgan fingerprint density at radius 2 is 2.04 bits per heavy atom. The number of hydrogen-bond acceptors (Lipinski definition) is 5. The zero-order chi connectivity index (χ0) is 18.4. The molecular weight excluding hydrogens is 364 g/mol. The van der Waals surface area contributed by atoms with Crippen LogP contribution >= 0.6 is 0 Å². The number of H-pyrrole nitrogens is 1. The van der Waals surface area contributed by atoms with Crippen molar-refractivity contribution in [2.24, 2.45) is 0 Å². The van der Waals surface area contributed by atoms with Gasteiger partial charge < -0.3 is 14.6 Å². The molecule has 0 aliphatic carbocycles. The molecule has 2 N–H and O–H groups in total.